The molecule has 1 aromatic heterocycles. The first-order chi connectivity index (χ1) is 5.18. The van der Waals surface area contributed by atoms with Crippen molar-refractivity contribution in [1.82, 2.24) is 4.98 Å². The van der Waals surface area contributed by atoms with E-state index in [0.717, 1.165) is 11.4 Å². The molecule has 2 N–H and O–H groups in total. The number of nitrogens with two attached hydrogens (primary N) is 1. The van der Waals surface area contributed by atoms with Gasteiger partial charge in [0.05, 0.1) is 5.69 Å². The molecule has 0 fully saturated rings. The van der Waals surface area contributed by atoms with Gasteiger partial charge in [-0.25, -0.2) is 0 Å². The average molecular weight is 148 g/mol. The normalized spacial score (nSPS) is 11.6. The minimum absolute atomic E-state index is 0.781. The second kappa shape index (κ2) is 3.19. The lowest BCUT2D eigenvalue weighted by Crippen LogP contribution is -1.91. The van der Waals surface area contributed by atoms with Crippen molar-refractivity contribution < 1.29 is 0 Å². The van der Waals surface area contributed by atoms with Gasteiger partial charge in [0.15, 0.2) is 0 Å². The van der Waals surface area contributed by atoms with Crippen molar-refractivity contribution in [2.45, 2.75) is 13.8 Å². The second-order valence-corrected chi connectivity index (χ2v) is 2.65. The van der Waals surface area contributed by atoms with Crippen molar-refractivity contribution in [1.29, 1.82) is 0 Å². The fourth-order valence-electron chi connectivity index (χ4n) is 0.872. The van der Waals surface area contributed by atoms with E-state index in [-0.39, 0.29) is 0 Å². The molecule has 11 heavy (non-hydrogen) atoms. The quantitative estimate of drug-likeness (QED) is 0.658. The molecule has 0 atom stereocenters. The molecular formula is C9H12N2. The third-order valence-corrected chi connectivity index (χ3v) is 1.31. The maximum absolute atomic E-state index is 5.50. The molecule has 2 heteroatoms. The molecule has 0 aliphatic heterocycles. The maximum atomic E-state index is 5.50. The molecule has 2 nitrogen and oxygen atoms in total. The van der Waals surface area contributed by atoms with Crippen LogP contribution in [0.25, 0.3) is 6.08 Å². The van der Waals surface area contributed by atoms with Crippen LogP contribution < -0.4 is 5.73 Å². The van der Waals surface area contributed by atoms with Crippen molar-refractivity contribution in [3.63, 3.8) is 0 Å². The molecule has 0 aliphatic carbocycles. The summed E-state index contributed by atoms with van der Waals surface area (Å²) < 4.78 is 0. The molecule has 58 valence electrons. The fourth-order valence-corrected chi connectivity index (χ4v) is 0.872. The summed E-state index contributed by atoms with van der Waals surface area (Å²) in [6, 6.07) is 3.96. The number of hydrogen-bond acceptors (Lipinski definition) is 2. The van der Waals surface area contributed by atoms with E-state index < -0.39 is 0 Å². The van der Waals surface area contributed by atoms with Gasteiger partial charge in [0.25, 0.3) is 0 Å². The van der Waals surface area contributed by atoms with Crippen molar-refractivity contribution >= 4 is 6.08 Å². The van der Waals surface area contributed by atoms with Gasteiger partial charge in [-0.15, -0.1) is 0 Å². The zero-order valence-corrected chi connectivity index (χ0v) is 6.83. The van der Waals surface area contributed by atoms with Gasteiger partial charge >= 0.3 is 0 Å². The molecule has 1 heterocycles. The molecule has 1 aromatic rings. The number of allylic oxidation sites excluding steroid dienone is 1. The minimum atomic E-state index is 0.781. The summed E-state index contributed by atoms with van der Waals surface area (Å²) in [5, 5.41) is 0. The van der Waals surface area contributed by atoms with Crippen LogP contribution in [-0.4, -0.2) is 4.98 Å². The first-order valence-corrected chi connectivity index (χ1v) is 3.55. The highest BCUT2D eigenvalue weighted by molar-refractivity contribution is 5.47. The van der Waals surface area contributed by atoms with Gasteiger partial charge in [0.2, 0.25) is 0 Å². The summed E-state index contributed by atoms with van der Waals surface area (Å²) in [5.74, 6) is 0. The number of pyridine rings is 1. The lowest BCUT2D eigenvalue weighted by atomic mass is 10.2. The van der Waals surface area contributed by atoms with Crippen LogP contribution in [0.2, 0.25) is 0 Å². The predicted molar refractivity (Wildman–Crippen MR) is 46.8 cm³/mol. The monoisotopic (exact) mass is 148 g/mol. The van der Waals surface area contributed by atoms with Crippen LogP contribution in [0.1, 0.15) is 18.2 Å². The maximum Gasteiger partial charge on any atom is 0.0649 e. The first-order valence-electron chi connectivity index (χ1n) is 3.55. The number of nitrogens with zero attached hydrogens (tertiary/aromatic N) is 1. The largest absolute Gasteiger partial charge is 0.402 e. The van der Waals surface area contributed by atoms with Gasteiger partial charge in [-0.3, -0.25) is 4.98 Å². The van der Waals surface area contributed by atoms with Crippen LogP contribution in [0.5, 0.6) is 0 Å². The Hall–Kier alpha value is -1.31. The van der Waals surface area contributed by atoms with Gasteiger partial charge in [0, 0.05) is 11.9 Å². The molecule has 0 amide bonds. The van der Waals surface area contributed by atoms with E-state index in [1.54, 1.807) is 6.20 Å². The fraction of sp³-hybridized carbons (Fsp3) is 0.222. The van der Waals surface area contributed by atoms with Crippen molar-refractivity contribution in [2.75, 3.05) is 0 Å². The van der Waals surface area contributed by atoms with Crippen LogP contribution in [0.15, 0.2) is 24.0 Å². The van der Waals surface area contributed by atoms with Crippen LogP contribution in [0.4, 0.5) is 0 Å². The lowest BCUT2D eigenvalue weighted by molar-refractivity contribution is 1.24. The van der Waals surface area contributed by atoms with E-state index in [2.05, 4.69) is 4.98 Å². The summed E-state index contributed by atoms with van der Waals surface area (Å²) in [5.41, 5.74) is 8.40. The Labute approximate surface area is 66.8 Å². The number of rotatable bonds is 1. The zero-order valence-electron chi connectivity index (χ0n) is 6.83. The topological polar surface area (TPSA) is 38.9 Å². The summed E-state index contributed by atoms with van der Waals surface area (Å²) in [4.78, 5) is 4.12. The third kappa shape index (κ3) is 2.42. The smallest absolute Gasteiger partial charge is 0.0649 e. The summed E-state index contributed by atoms with van der Waals surface area (Å²) in [6.45, 7) is 3.88. The standard InChI is InChI=1S/C9H12N2/c1-7-3-4-11-9(5-7)6-8(2)10/h3-6H,10H2,1-2H3/b8-6-. The van der Waals surface area contributed by atoms with Crippen molar-refractivity contribution in [2.24, 2.45) is 5.73 Å². The zero-order chi connectivity index (χ0) is 8.27. The number of hydrogen-bond donors (Lipinski definition) is 1. The lowest BCUT2D eigenvalue weighted by Gasteiger charge is -1.95. The van der Waals surface area contributed by atoms with Gasteiger partial charge in [-0.1, -0.05) is 0 Å². The molecule has 0 aliphatic rings. The van der Waals surface area contributed by atoms with Gasteiger partial charge in [-0.2, -0.15) is 0 Å². The van der Waals surface area contributed by atoms with Gasteiger partial charge in [0.1, 0.15) is 0 Å². The van der Waals surface area contributed by atoms with E-state index in [4.69, 9.17) is 5.73 Å². The Morgan fingerprint density at radius 3 is 2.91 bits per heavy atom. The van der Waals surface area contributed by atoms with E-state index in [9.17, 15) is 0 Å². The van der Waals surface area contributed by atoms with Crippen LogP contribution in [0, 0.1) is 6.92 Å². The molecule has 0 spiro atoms. The molecular weight excluding hydrogens is 136 g/mol. The van der Waals surface area contributed by atoms with Gasteiger partial charge in [-0.05, 0) is 37.6 Å². The van der Waals surface area contributed by atoms with E-state index >= 15 is 0 Å². The van der Waals surface area contributed by atoms with Crippen LogP contribution >= 0.6 is 0 Å². The van der Waals surface area contributed by atoms with Crippen LogP contribution in [-0.2, 0) is 0 Å². The number of aryl methyl sites for hydroxylation is 1. The highest BCUT2D eigenvalue weighted by Crippen LogP contribution is 2.02. The third-order valence-electron chi connectivity index (χ3n) is 1.31. The van der Waals surface area contributed by atoms with Crippen molar-refractivity contribution in [3.05, 3.63) is 35.3 Å². The van der Waals surface area contributed by atoms with E-state index in [1.165, 1.54) is 5.56 Å². The molecule has 0 saturated carbocycles. The Morgan fingerprint density at radius 2 is 2.36 bits per heavy atom. The Kier molecular flexibility index (Phi) is 2.26. The molecule has 0 bridgehead atoms. The Balaban J connectivity index is 2.97. The Bertz CT molecular complexity index is 273. The molecule has 0 saturated heterocycles. The molecule has 0 unspecified atom stereocenters. The summed E-state index contributed by atoms with van der Waals surface area (Å²) in [7, 11) is 0. The highest BCUT2D eigenvalue weighted by Gasteiger charge is 1.88. The summed E-state index contributed by atoms with van der Waals surface area (Å²) >= 11 is 0. The predicted octanol–water partition coefficient (Wildman–Crippen LogP) is 1.71. The van der Waals surface area contributed by atoms with Crippen molar-refractivity contribution in [3.8, 4) is 0 Å². The van der Waals surface area contributed by atoms with Gasteiger partial charge < -0.3 is 5.73 Å². The first kappa shape index (κ1) is 7.79. The second-order valence-electron chi connectivity index (χ2n) is 2.65. The molecule has 0 aromatic carbocycles. The van der Waals surface area contributed by atoms with E-state index in [1.807, 2.05) is 32.1 Å². The minimum Gasteiger partial charge on any atom is -0.402 e. The Morgan fingerprint density at radius 1 is 1.64 bits per heavy atom. The number of aromatic nitrogens is 1. The highest BCUT2D eigenvalue weighted by atomic mass is 14.7. The molecule has 0 radical (unpaired) electrons. The average Bonchev–Trinajstić information content (AvgIpc) is 1.85. The SMILES string of the molecule is C/C(N)=C/c1cc(C)ccn1. The van der Waals surface area contributed by atoms with Crippen LogP contribution in [0.3, 0.4) is 0 Å². The van der Waals surface area contributed by atoms with E-state index in [0.29, 0.717) is 0 Å². The summed E-state index contributed by atoms with van der Waals surface area (Å²) in [6.07, 6.45) is 3.64. The molecule has 1 rings (SSSR count).